The summed E-state index contributed by atoms with van der Waals surface area (Å²) in [4.78, 5) is 0. The van der Waals surface area contributed by atoms with Gasteiger partial charge in [0, 0.05) is 6.42 Å². The summed E-state index contributed by atoms with van der Waals surface area (Å²) in [5, 5.41) is 0. The van der Waals surface area contributed by atoms with E-state index in [1.807, 2.05) is 0 Å². The lowest BCUT2D eigenvalue weighted by Crippen LogP contribution is -2.05. The first-order chi connectivity index (χ1) is 4.83. The van der Waals surface area contributed by atoms with E-state index in [-0.39, 0.29) is 0 Å². The highest BCUT2D eigenvalue weighted by molar-refractivity contribution is 4.83. The number of hydrogen-bond acceptors (Lipinski definition) is 1. The molecule has 1 heteroatoms. The molecule has 1 saturated carbocycles. The van der Waals surface area contributed by atoms with Crippen molar-refractivity contribution in [2.75, 3.05) is 0 Å². The molecule has 0 amide bonds. The Labute approximate surface area is 63.1 Å². The zero-order chi connectivity index (χ0) is 7.40. The van der Waals surface area contributed by atoms with E-state index in [9.17, 15) is 0 Å². The summed E-state index contributed by atoms with van der Waals surface area (Å²) < 4.78 is 5.57. The number of allylic oxidation sites excluding steroid dienone is 1. The van der Waals surface area contributed by atoms with Gasteiger partial charge in [0.2, 0.25) is 0 Å². The number of ether oxygens (including phenoxy) is 1. The van der Waals surface area contributed by atoms with Crippen molar-refractivity contribution < 1.29 is 4.74 Å². The van der Waals surface area contributed by atoms with Crippen LogP contribution in [0.2, 0.25) is 0 Å². The molecule has 1 aliphatic carbocycles. The lowest BCUT2D eigenvalue weighted by atomic mass is 10.3. The third kappa shape index (κ3) is 2.05. The van der Waals surface area contributed by atoms with Crippen molar-refractivity contribution in [2.24, 2.45) is 0 Å². The van der Waals surface area contributed by atoms with Gasteiger partial charge in [-0.3, -0.25) is 0 Å². The fraction of sp³-hybridized carbons (Fsp3) is 0.778. The van der Waals surface area contributed by atoms with E-state index in [1.165, 1.54) is 25.7 Å². The molecule has 0 aromatic rings. The molecule has 0 unspecified atom stereocenters. The Morgan fingerprint density at radius 1 is 1.50 bits per heavy atom. The zero-order valence-electron chi connectivity index (χ0n) is 6.73. The predicted octanol–water partition coefficient (Wildman–Crippen LogP) is 2.87. The summed E-state index contributed by atoms with van der Waals surface area (Å²) in [6.45, 7) is 5.90. The largest absolute Gasteiger partial charge is 0.495 e. The van der Waals surface area contributed by atoms with Gasteiger partial charge in [0.15, 0.2) is 0 Å². The first-order valence-corrected chi connectivity index (χ1v) is 4.17. The van der Waals surface area contributed by atoms with E-state index in [0.717, 1.165) is 12.2 Å². The minimum absolute atomic E-state index is 0.493. The van der Waals surface area contributed by atoms with Gasteiger partial charge in [-0.05, 0) is 25.7 Å². The Morgan fingerprint density at radius 3 is 2.60 bits per heavy atom. The van der Waals surface area contributed by atoms with Gasteiger partial charge in [0.1, 0.15) is 0 Å². The fourth-order valence-corrected chi connectivity index (χ4v) is 1.33. The average molecular weight is 140 g/mol. The molecule has 0 aromatic carbocycles. The van der Waals surface area contributed by atoms with Crippen LogP contribution in [-0.4, -0.2) is 6.10 Å². The van der Waals surface area contributed by atoms with Crippen molar-refractivity contribution >= 4 is 0 Å². The van der Waals surface area contributed by atoms with Gasteiger partial charge in [-0.2, -0.15) is 0 Å². The Balaban J connectivity index is 2.17. The smallest absolute Gasteiger partial charge is 0.0982 e. The normalized spacial score (nSPS) is 19.3. The molecule has 0 saturated heterocycles. The monoisotopic (exact) mass is 140 g/mol. The summed E-state index contributed by atoms with van der Waals surface area (Å²) >= 11 is 0. The maximum absolute atomic E-state index is 5.57. The molecule has 1 nitrogen and oxygen atoms in total. The number of hydrogen-bond donors (Lipinski definition) is 0. The molecule has 0 radical (unpaired) electrons. The van der Waals surface area contributed by atoms with Gasteiger partial charge >= 0.3 is 0 Å². The first kappa shape index (κ1) is 7.64. The van der Waals surface area contributed by atoms with Crippen molar-refractivity contribution in [2.45, 2.75) is 45.1 Å². The van der Waals surface area contributed by atoms with Crippen LogP contribution in [0.5, 0.6) is 0 Å². The van der Waals surface area contributed by atoms with E-state index in [0.29, 0.717) is 6.10 Å². The molecule has 1 fully saturated rings. The highest BCUT2D eigenvalue weighted by Gasteiger charge is 2.15. The van der Waals surface area contributed by atoms with E-state index in [4.69, 9.17) is 4.74 Å². The van der Waals surface area contributed by atoms with Crippen molar-refractivity contribution in [3.05, 3.63) is 12.3 Å². The molecule has 0 aliphatic heterocycles. The van der Waals surface area contributed by atoms with Crippen LogP contribution < -0.4 is 0 Å². The van der Waals surface area contributed by atoms with Gasteiger partial charge in [0.05, 0.1) is 11.9 Å². The summed E-state index contributed by atoms with van der Waals surface area (Å²) in [6.07, 6.45) is 6.59. The SMILES string of the molecule is C=C(CC)OC1CCCC1. The molecule has 0 bridgehead atoms. The summed E-state index contributed by atoms with van der Waals surface area (Å²) in [6, 6.07) is 0. The van der Waals surface area contributed by atoms with Crippen LogP contribution in [0, 0.1) is 0 Å². The standard InChI is InChI=1S/C9H16O/c1-3-8(2)10-9-6-4-5-7-9/h9H,2-7H2,1H3. The minimum atomic E-state index is 0.493. The molecule has 10 heavy (non-hydrogen) atoms. The molecule has 0 aromatic heterocycles. The lowest BCUT2D eigenvalue weighted by Gasteiger charge is -2.13. The highest BCUT2D eigenvalue weighted by Crippen LogP contribution is 2.23. The van der Waals surface area contributed by atoms with E-state index in [2.05, 4.69) is 13.5 Å². The molecule has 0 N–H and O–H groups in total. The zero-order valence-corrected chi connectivity index (χ0v) is 6.73. The van der Waals surface area contributed by atoms with E-state index in [1.54, 1.807) is 0 Å². The van der Waals surface area contributed by atoms with Gasteiger partial charge < -0.3 is 4.74 Å². The maximum atomic E-state index is 5.57. The van der Waals surface area contributed by atoms with Crippen molar-refractivity contribution in [1.29, 1.82) is 0 Å². The third-order valence-corrected chi connectivity index (χ3v) is 2.03. The van der Waals surface area contributed by atoms with Gasteiger partial charge in [-0.25, -0.2) is 0 Å². The predicted molar refractivity (Wildman–Crippen MR) is 42.8 cm³/mol. The fourth-order valence-electron chi connectivity index (χ4n) is 1.33. The van der Waals surface area contributed by atoms with Crippen LogP contribution in [0.1, 0.15) is 39.0 Å². The molecule has 0 spiro atoms. The molecule has 0 heterocycles. The average Bonchev–Trinajstić information content (AvgIpc) is 2.40. The Hall–Kier alpha value is -0.460. The second kappa shape index (κ2) is 3.65. The van der Waals surface area contributed by atoms with E-state index >= 15 is 0 Å². The van der Waals surface area contributed by atoms with Crippen LogP contribution in [0.4, 0.5) is 0 Å². The Kier molecular flexibility index (Phi) is 2.79. The van der Waals surface area contributed by atoms with Crippen molar-refractivity contribution in [3.63, 3.8) is 0 Å². The second-order valence-corrected chi connectivity index (χ2v) is 2.92. The quantitative estimate of drug-likeness (QED) is 0.548. The molecule has 0 atom stereocenters. The summed E-state index contributed by atoms with van der Waals surface area (Å²) in [7, 11) is 0. The summed E-state index contributed by atoms with van der Waals surface area (Å²) in [5.74, 6) is 0.951. The van der Waals surface area contributed by atoms with Crippen LogP contribution >= 0.6 is 0 Å². The van der Waals surface area contributed by atoms with Gasteiger partial charge in [0.25, 0.3) is 0 Å². The maximum Gasteiger partial charge on any atom is 0.0982 e. The van der Waals surface area contributed by atoms with Crippen molar-refractivity contribution in [1.82, 2.24) is 0 Å². The summed E-state index contributed by atoms with van der Waals surface area (Å²) in [5.41, 5.74) is 0. The first-order valence-electron chi connectivity index (χ1n) is 4.17. The molecule has 1 aliphatic rings. The minimum Gasteiger partial charge on any atom is -0.495 e. The van der Waals surface area contributed by atoms with Crippen LogP contribution in [0.3, 0.4) is 0 Å². The van der Waals surface area contributed by atoms with Crippen molar-refractivity contribution in [3.8, 4) is 0 Å². The molecule has 1 rings (SSSR count). The van der Waals surface area contributed by atoms with Gasteiger partial charge in [-0.15, -0.1) is 0 Å². The second-order valence-electron chi connectivity index (χ2n) is 2.92. The number of rotatable bonds is 3. The molecule has 58 valence electrons. The van der Waals surface area contributed by atoms with Crippen LogP contribution in [0.15, 0.2) is 12.3 Å². The van der Waals surface area contributed by atoms with Gasteiger partial charge in [-0.1, -0.05) is 13.5 Å². The highest BCUT2D eigenvalue weighted by atomic mass is 16.5. The molecular weight excluding hydrogens is 124 g/mol. The lowest BCUT2D eigenvalue weighted by molar-refractivity contribution is 0.118. The molecular formula is C9H16O. The van der Waals surface area contributed by atoms with Crippen LogP contribution in [0.25, 0.3) is 0 Å². The van der Waals surface area contributed by atoms with Crippen LogP contribution in [-0.2, 0) is 4.74 Å². The topological polar surface area (TPSA) is 9.23 Å². The Bertz CT molecular complexity index is 112. The Morgan fingerprint density at radius 2 is 2.10 bits per heavy atom. The van der Waals surface area contributed by atoms with E-state index < -0.39 is 0 Å². The third-order valence-electron chi connectivity index (χ3n) is 2.03.